The molecule has 1 aromatic heterocycles. The number of fused-ring (bicyclic) bond motifs is 1. The average Bonchev–Trinajstić information content (AvgIpc) is 2.95. The van der Waals surface area contributed by atoms with Gasteiger partial charge in [0.05, 0.1) is 5.52 Å². The van der Waals surface area contributed by atoms with Crippen molar-refractivity contribution in [2.75, 3.05) is 11.4 Å². The smallest absolute Gasteiger partial charge is 0.326 e. The lowest BCUT2D eigenvalue weighted by Gasteiger charge is -2.25. The van der Waals surface area contributed by atoms with Gasteiger partial charge in [-0.3, -0.25) is 0 Å². The molecule has 116 valence electrons. The number of alkyl halides is 2. The van der Waals surface area contributed by atoms with E-state index in [2.05, 4.69) is 4.98 Å². The van der Waals surface area contributed by atoms with Gasteiger partial charge in [-0.2, -0.15) is 0 Å². The third kappa shape index (κ3) is 2.59. The van der Waals surface area contributed by atoms with E-state index in [0.29, 0.717) is 41.0 Å². The van der Waals surface area contributed by atoms with Crippen LogP contribution in [0.15, 0.2) is 24.3 Å². The summed E-state index contributed by atoms with van der Waals surface area (Å²) in [6.07, 6.45) is -1.53. The fourth-order valence-electron chi connectivity index (χ4n) is 2.86. The van der Waals surface area contributed by atoms with E-state index < -0.39 is 18.4 Å². The summed E-state index contributed by atoms with van der Waals surface area (Å²) in [4.78, 5) is 17.0. The van der Waals surface area contributed by atoms with Gasteiger partial charge in [0.2, 0.25) is 0 Å². The number of hydrogen-bond donors (Lipinski definition) is 1. The molecule has 1 fully saturated rings. The first-order valence-corrected chi connectivity index (χ1v) is 7.23. The standard InChI is InChI=1S/C15H13ClF2N2O2/c16-8-3-4-10-9(6-8)13(7-11(19-10)14(17)18)20-5-1-2-12(20)15(21)22/h3-4,6-7,12,14H,1-2,5H2,(H,21,22). The molecule has 0 radical (unpaired) electrons. The van der Waals surface area contributed by atoms with Gasteiger partial charge in [0.15, 0.2) is 0 Å². The molecule has 2 heterocycles. The molecule has 2 aromatic rings. The number of aliphatic carboxylic acids is 1. The molecule has 1 unspecified atom stereocenters. The first-order valence-electron chi connectivity index (χ1n) is 6.85. The zero-order valence-electron chi connectivity index (χ0n) is 11.5. The van der Waals surface area contributed by atoms with E-state index in [1.54, 1.807) is 23.1 Å². The zero-order valence-corrected chi connectivity index (χ0v) is 12.2. The number of pyridine rings is 1. The third-order valence-electron chi connectivity index (χ3n) is 3.84. The van der Waals surface area contributed by atoms with Gasteiger partial charge in [-0.05, 0) is 37.1 Å². The zero-order chi connectivity index (χ0) is 15.9. The van der Waals surface area contributed by atoms with E-state index >= 15 is 0 Å². The molecule has 0 saturated carbocycles. The van der Waals surface area contributed by atoms with Gasteiger partial charge in [0, 0.05) is 22.6 Å². The average molecular weight is 327 g/mol. The Morgan fingerprint density at radius 1 is 1.41 bits per heavy atom. The number of benzene rings is 1. The van der Waals surface area contributed by atoms with Gasteiger partial charge in [0.1, 0.15) is 11.7 Å². The molecule has 1 aliphatic heterocycles. The highest BCUT2D eigenvalue weighted by molar-refractivity contribution is 6.31. The van der Waals surface area contributed by atoms with Crippen molar-refractivity contribution in [1.29, 1.82) is 0 Å². The molecule has 4 nitrogen and oxygen atoms in total. The summed E-state index contributed by atoms with van der Waals surface area (Å²) in [7, 11) is 0. The quantitative estimate of drug-likeness (QED) is 0.930. The summed E-state index contributed by atoms with van der Waals surface area (Å²) in [5, 5.41) is 10.4. The Bertz CT molecular complexity index is 739. The highest BCUT2D eigenvalue weighted by Crippen LogP contribution is 2.35. The van der Waals surface area contributed by atoms with Crippen LogP contribution in [0.25, 0.3) is 10.9 Å². The molecule has 0 amide bonds. The van der Waals surface area contributed by atoms with E-state index in [1.807, 2.05) is 0 Å². The molecular formula is C15H13ClF2N2O2. The van der Waals surface area contributed by atoms with Crippen molar-refractivity contribution in [2.45, 2.75) is 25.3 Å². The van der Waals surface area contributed by atoms with Gasteiger partial charge >= 0.3 is 5.97 Å². The topological polar surface area (TPSA) is 53.4 Å². The Hall–Kier alpha value is -1.95. The van der Waals surface area contributed by atoms with E-state index in [0.717, 1.165) is 0 Å². The Kier molecular flexibility index (Phi) is 3.87. The minimum absolute atomic E-state index is 0.360. The van der Waals surface area contributed by atoms with Crippen LogP contribution >= 0.6 is 11.6 Å². The maximum Gasteiger partial charge on any atom is 0.326 e. The molecule has 1 aliphatic rings. The first kappa shape index (κ1) is 15.0. The summed E-state index contributed by atoms with van der Waals surface area (Å²) < 4.78 is 26.1. The normalized spacial score (nSPS) is 18.4. The van der Waals surface area contributed by atoms with Crippen molar-refractivity contribution in [3.63, 3.8) is 0 Å². The van der Waals surface area contributed by atoms with Crippen molar-refractivity contribution in [3.8, 4) is 0 Å². The monoisotopic (exact) mass is 326 g/mol. The number of halogens is 3. The predicted octanol–water partition coefficient (Wildman–Crippen LogP) is 3.88. The Balaban J connectivity index is 2.21. The molecule has 0 spiro atoms. The number of hydrogen-bond acceptors (Lipinski definition) is 3. The Morgan fingerprint density at radius 3 is 2.86 bits per heavy atom. The Morgan fingerprint density at radius 2 is 2.18 bits per heavy atom. The minimum atomic E-state index is -2.72. The third-order valence-corrected chi connectivity index (χ3v) is 4.07. The molecule has 1 saturated heterocycles. The maximum absolute atomic E-state index is 13.1. The molecule has 1 atom stereocenters. The van der Waals surface area contributed by atoms with Crippen molar-refractivity contribution in [1.82, 2.24) is 4.98 Å². The maximum atomic E-state index is 13.1. The second-order valence-electron chi connectivity index (χ2n) is 5.22. The van der Waals surface area contributed by atoms with Gasteiger partial charge in [-0.1, -0.05) is 11.6 Å². The van der Waals surface area contributed by atoms with Crippen molar-refractivity contribution < 1.29 is 18.7 Å². The number of anilines is 1. The summed E-state index contributed by atoms with van der Waals surface area (Å²) in [6, 6.07) is 5.33. The second-order valence-corrected chi connectivity index (χ2v) is 5.65. The van der Waals surface area contributed by atoms with Crippen LogP contribution in [0.3, 0.4) is 0 Å². The fraction of sp³-hybridized carbons (Fsp3) is 0.333. The van der Waals surface area contributed by atoms with Crippen LogP contribution in [0.2, 0.25) is 5.02 Å². The summed E-state index contributed by atoms with van der Waals surface area (Å²) in [5.41, 5.74) is 0.474. The molecule has 7 heteroatoms. The van der Waals surface area contributed by atoms with Crippen LogP contribution < -0.4 is 4.90 Å². The fourth-order valence-corrected chi connectivity index (χ4v) is 3.03. The second kappa shape index (κ2) is 5.68. The number of carbonyl (C=O) groups is 1. The lowest BCUT2D eigenvalue weighted by Crippen LogP contribution is -2.36. The van der Waals surface area contributed by atoms with Crippen molar-refractivity contribution in [3.05, 3.63) is 35.0 Å². The highest BCUT2D eigenvalue weighted by Gasteiger charge is 2.32. The largest absolute Gasteiger partial charge is 0.480 e. The molecule has 0 aliphatic carbocycles. The van der Waals surface area contributed by atoms with E-state index in [9.17, 15) is 18.7 Å². The van der Waals surface area contributed by atoms with Crippen molar-refractivity contribution >= 4 is 34.2 Å². The SMILES string of the molecule is O=C(O)C1CCCN1c1cc(C(F)F)nc2ccc(Cl)cc12. The summed E-state index contributed by atoms with van der Waals surface area (Å²) in [5.74, 6) is -0.955. The lowest BCUT2D eigenvalue weighted by molar-refractivity contribution is -0.138. The molecule has 1 N–H and O–H groups in total. The highest BCUT2D eigenvalue weighted by atomic mass is 35.5. The van der Waals surface area contributed by atoms with Gasteiger partial charge in [0.25, 0.3) is 6.43 Å². The first-order chi connectivity index (χ1) is 10.5. The van der Waals surface area contributed by atoms with E-state index in [-0.39, 0.29) is 5.69 Å². The van der Waals surface area contributed by atoms with Crippen LogP contribution in [0.5, 0.6) is 0 Å². The van der Waals surface area contributed by atoms with E-state index in [4.69, 9.17) is 11.6 Å². The molecule has 3 rings (SSSR count). The van der Waals surface area contributed by atoms with Crippen LogP contribution in [-0.4, -0.2) is 28.6 Å². The lowest BCUT2D eigenvalue weighted by atomic mass is 10.1. The number of nitrogens with zero attached hydrogens (tertiary/aromatic N) is 2. The number of carboxylic acids is 1. The molecular weight excluding hydrogens is 314 g/mol. The molecule has 0 bridgehead atoms. The van der Waals surface area contributed by atoms with Gasteiger partial charge < -0.3 is 10.0 Å². The van der Waals surface area contributed by atoms with Crippen molar-refractivity contribution in [2.24, 2.45) is 0 Å². The summed E-state index contributed by atoms with van der Waals surface area (Å²) >= 11 is 5.99. The predicted molar refractivity (Wildman–Crippen MR) is 79.7 cm³/mol. The molecule has 22 heavy (non-hydrogen) atoms. The van der Waals surface area contributed by atoms with Crippen LogP contribution in [-0.2, 0) is 4.79 Å². The summed E-state index contributed by atoms with van der Waals surface area (Å²) in [6.45, 7) is 0.505. The van der Waals surface area contributed by atoms with E-state index in [1.165, 1.54) is 6.07 Å². The van der Waals surface area contributed by atoms with Crippen LogP contribution in [0, 0.1) is 0 Å². The van der Waals surface area contributed by atoms with Gasteiger partial charge in [-0.15, -0.1) is 0 Å². The number of rotatable bonds is 3. The minimum Gasteiger partial charge on any atom is -0.480 e. The number of carboxylic acid groups (broad SMARTS) is 1. The van der Waals surface area contributed by atoms with Gasteiger partial charge in [-0.25, -0.2) is 18.6 Å². The molecule has 1 aromatic carbocycles. The van der Waals surface area contributed by atoms with Crippen LogP contribution in [0.4, 0.5) is 14.5 Å². The number of aromatic nitrogens is 1. The Labute approximate surface area is 130 Å². The van der Waals surface area contributed by atoms with Crippen LogP contribution in [0.1, 0.15) is 25.0 Å².